The zero-order chi connectivity index (χ0) is 11.5. The van der Waals surface area contributed by atoms with Crippen molar-refractivity contribution in [2.24, 2.45) is 5.92 Å². The average molecular weight is 245 g/mol. The van der Waals surface area contributed by atoms with Crippen LogP contribution in [0.1, 0.15) is 32.1 Å². The summed E-state index contributed by atoms with van der Waals surface area (Å²) in [7, 11) is -3.20. The molecule has 0 aromatic rings. The second kappa shape index (κ2) is 3.20. The summed E-state index contributed by atoms with van der Waals surface area (Å²) < 4.78 is 25.8. The highest BCUT2D eigenvalue weighted by molar-refractivity contribution is 7.90. The summed E-state index contributed by atoms with van der Waals surface area (Å²) in [6, 6.07) is -0.315. The Kier molecular flexibility index (Phi) is 2.10. The van der Waals surface area contributed by atoms with E-state index in [1.54, 1.807) is 0 Å². The number of carboxylic acids is 1. The van der Waals surface area contributed by atoms with Crippen LogP contribution in [0.2, 0.25) is 0 Å². The smallest absolute Gasteiger partial charge is 0.308 e. The molecule has 0 spiro atoms. The van der Waals surface area contributed by atoms with Gasteiger partial charge in [-0.05, 0) is 32.1 Å². The average Bonchev–Trinajstić information content (AvgIpc) is 2.91. The van der Waals surface area contributed by atoms with E-state index in [4.69, 9.17) is 5.11 Å². The van der Waals surface area contributed by atoms with Gasteiger partial charge in [-0.25, -0.2) is 8.42 Å². The fourth-order valence-corrected chi connectivity index (χ4v) is 5.45. The quantitative estimate of drug-likeness (QED) is 0.781. The minimum Gasteiger partial charge on any atom is -0.481 e. The molecule has 2 saturated heterocycles. The topological polar surface area (TPSA) is 74.7 Å². The lowest BCUT2D eigenvalue weighted by molar-refractivity contribution is -0.142. The van der Waals surface area contributed by atoms with E-state index in [9.17, 15) is 13.2 Å². The van der Waals surface area contributed by atoms with Crippen LogP contribution in [0.3, 0.4) is 0 Å². The molecule has 3 fully saturated rings. The Morgan fingerprint density at radius 3 is 2.38 bits per heavy atom. The number of rotatable bonds is 3. The first kappa shape index (κ1) is 10.5. The highest BCUT2D eigenvalue weighted by Crippen LogP contribution is 2.46. The van der Waals surface area contributed by atoms with Crippen molar-refractivity contribution in [1.82, 2.24) is 4.31 Å². The molecule has 1 aliphatic carbocycles. The van der Waals surface area contributed by atoms with Crippen LogP contribution >= 0.6 is 0 Å². The van der Waals surface area contributed by atoms with E-state index >= 15 is 0 Å². The largest absolute Gasteiger partial charge is 0.481 e. The van der Waals surface area contributed by atoms with Gasteiger partial charge in [0.15, 0.2) is 0 Å². The fraction of sp³-hybridized carbons (Fsp3) is 0.900. The molecule has 1 saturated carbocycles. The standard InChI is InChI=1S/C10H15NO4S/c12-10(13)8-5-6-1-4-9(8)11(6)16(14,15)7-2-3-7/h6-9H,1-5H2,(H,12,13). The molecule has 3 rings (SSSR count). The summed E-state index contributed by atoms with van der Waals surface area (Å²) in [6.45, 7) is 0. The van der Waals surface area contributed by atoms with E-state index in [1.165, 1.54) is 4.31 Å². The third-order valence-electron chi connectivity index (χ3n) is 4.03. The third kappa shape index (κ3) is 1.32. The van der Waals surface area contributed by atoms with Gasteiger partial charge >= 0.3 is 5.97 Å². The van der Waals surface area contributed by atoms with Crippen LogP contribution < -0.4 is 0 Å². The van der Waals surface area contributed by atoms with Gasteiger partial charge in [-0.1, -0.05) is 0 Å². The Labute approximate surface area is 94.5 Å². The first-order valence-corrected chi connectivity index (χ1v) is 7.27. The SMILES string of the molecule is O=C(O)C1CC2CCC1N2S(=O)(=O)C1CC1. The van der Waals surface area contributed by atoms with Crippen LogP contribution in [0.15, 0.2) is 0 Å². The van der Waals surface area contributed by atoms with Gasteiger partial charge in [-0.15, -0.1) is 0 Å². The van der Waals surface area contributed by atoms with Gasteiger partial charge in [0.2, 0.25) is 10.0 Å². The van der Waals surface area contributed by atoms with Crippen LogP contribution in [-0.2, 0) is 14.8 Å². The minimum absolute atomic E-state index is 0.0447. The Morgan fingerprint density at radius 1 is 1.19 bits per heavy atom. The maximum atomic E-state index is 12.2. The number of hydrogen-bond donors (Lipinski definition) is 1. The molecule has 16 heavy (non-hydrogen) atoms. The fourth-order valence-electron chi connectivity index (χ4n) is 3.14. The Morgan fingerprint density at radius 2 is 1.88 bits per heavy atom. The lowest BCUT2D eigenvalue weighted by Crippen LogP contribution is -2.39. The summed E-state index contributed by atoms with van der Waals surface area (Å²) in [4.78, 5) is 11.0. The van der Waals surface area contributed by atoms with E-state index in [0.717, 1.165) is 19.3 Å². The van der Waals surface area contributed by atoms with Crippen molar-refractivity contribution in [3.05, 3.63) is 0 Å². The van der Waals surface area contributed by atoms with Gasteiger partial charge in [0.25, 0.3) is 0 Å². The van der Waals surface area contributed by atoms with Crippen molar-refractivity contribution in [2.75, 3.05) is 0 Å². The van der Waals surface area contributed by atoms with E-state index in [1.807, 2.05) is 0 Å². The Bertz CT molecular complexity index is 428. The molecular weight excluding hydrogens is 230 g/mol. The van der Waals surface area contributed by atoms with Crippen molar-refractivity contribution >= 4 is 16.0 Å². The van der Waals surface area contributed by atoms with Crippen LogP contribution in [-0.4, -0.2) is 41.1 Å². The van der Waals surface area contributed by atoms with Crippen LogP contribution in [0.4, 0.5) is 0 Å². The number of hydrogen-bond acceptors (Lipinski definition) is 3. The zero-order valence-electron chi connectivity index (χ0n) is 8.87. The number of carbonyl (C=O) groups is 1. The number of nitrogens with zero attached hydrogens (tertiary/aromatic N) is 1. The molecule has 0 radical (unpaired) electrons. The van der Waals surface area contributed by atoms with Crippen molar-refractivity contribution in [1.29, 1.82) is 0 Å². The molecule has 3 atom stereocenters. The van der Waals surface area contributed by atoms with E-state index in [0.29, 0.717) is 12.8 Å². The van der Waals surface area contributed by atoms with Crippen LogP contribution in [0, 0.1) is 5.92 Å². The Balaban J connectivity index is 1.90. The van der Waals surface area contributed by atoms with E-state index < -0.39 is 21.9 Å². The molecule has 0 aromatic heterocycles. The number of carboxylic acid groups (broad SMARTS) is 1. The minimum atomic E-state index is -3.20. The number of fused-ring (bicyclic) bond motifs is 2. The molecule has 3 aliphatic rings. The normalized spacial score (nSPS) is 39.1. The molecule has 6 heteroatoms. The summed E-state index contributed by atoms with van der Waals surface area (Å²) in [5.74, 6) is -1.32. The first-order valence-electron chi connectivity index (χ1n) is 5.77. The first-order chi connectivity index (χ1) is 7.51. The molecule has 5 nitrogen and oxygen atoms in total. The molecule has 3 unspecified atom stereocenters. The van der Waals surface area contributed by atoms with Gasteiger partial charge < -0.3 is 5.11 Å². The zero-order valence-corrected chi connectivity index (χ0v) is 9.69. The molecule has 0 amide bonds. The maximum Gasteiger partial charge on any atom is 0.308 e. The highest BCUT2D eigenvalue weighted by atomic mass is 32.2. The lowest BCUT2D eigenvalue weighted by atomic mass is 9.89. The molecule has 0 aromatic carbocycles. The molecular formula is C10H15NO4S. The van der Waals surface area contributed by atoms with Gasteiger partial charge in [0.1, 0.15) is 0 Å². The monoisotopic (exact) mass is 245 g/mol. The van der Waals surface area contributed by atoms with Gasteiger partial charge in [-0.3, -0.25) is 4.79 Å². The van der Waals surface area contributed by atoms with Crippen molar-refractivity contribution < 1.29 is 18.3 Å². The number of sulfonamides is 1. The van der Waals surface area contributed by atoms with Gasteiger partial charge in [0, 0.05) is 12.1 Å². The third-order valence-corrected chi connectivity index (χ3v) is 6.50. The van der Waals surface area contributed by atoms with Crippen molar-refractivity contribution in [2.45, 2.75) is 49.4 Å². The highest BCUT2D eigenvalue weighted by Gasteiger charge is 2.56. The predicted molar refractivity (Wildman–Crippen MR) is 56.3 cm³/mol. The van der Waals surface area contributed by atoms with Crippen LogP contribution in [0.25, 0.3) is 0 Å². The molecule has 2 aliphatic heterocycles. The van der Waals surface area contributed by atoms with Gasteiger partial charge in [-0.2, -0.15) is 4.31 Å². The summed E-state index contributed by atoms with van der Waals surface area (Å²) in [5, 5.41) is 8.83. The molecule has 90 valence electrons. The Hall–Kier alpha value is -0.620. The summed E-state index contributed by atoms with van der Waals surface area (Å²) in [5.41, 5.74) is 0. The summed E-state index contributed by atoms with van der Waals surface area (Å²) in [6.07, 6.45) is 3.55. The van der Waals surface area contributed by atoms with Gasteiger partial charge in [0.05, 0.1) is 11.2 Å². The van der Waals surface area contributed by atoms with Crippen LogP contribution in [0.5, 0.6) is 0 Å². The summed E-state index contributed by atoms with van der Waals surface area (Å²) >= 11 is 0. The van der Waals surface area contributed by atoms with E-state index in [2.05, 4.69) is 0 Å². The second-order valence-corrected chi connectivity index (χ2v) is 7.17. The maximum absolute atomic E-state index is 12.2. The number of aliphatic carboxylic acids is 1. The predicted octanol–water partition coefficient (Wildman–Crippen LogP) is 0.416. The molecule has 2 bridgehead atoms. The molecule has 2 heterocycles. The lowest BCUT2D eigenvalue weighted by Gasteiger charge is -2.22. The van der Waals surface area contributed by atoms with Crippen molar-refractivity contribution in [3.63, 3.8) is 0 Å². The van der Waals surface area contributed by atoms with Crippen molar-refractivity contribution in [3.8, 4) is 0 Å². The molecule has 1 N–H and O–H groups in total. The second-order valence-electron chi connectivity index (χ2n) is 5.05. The van der Waals surface area contributed by atoms with E-state index in [-0.39, 0.29) is 17.3 Å².